The number of nitrogens with zero attached hydrogens (tertiary/aromatic N) is 3. The summed E-state index contributed by atoms with van der Waals surface area (Å²) in [5, 5.41) is 21.1. The molecule has 132 valence electrons. The molecular weight excluding hydrogens is 294 g/mol. The number of unbranched alkanes of at least 4 members (excludes halogenated alkanes) is 1. The summed E-state index contributed by atoms with van der Waals surface area (Å²) in [6.45, 7) is 9.20. The third-order valence-corrected chi connectivity index (χ3v) is 3.43. The molecule has 0 radical (unpaired) electrons. The van der Waals surface area contributed by atoms with Crippen LogP contribution in [0.5, 0.6) is 0 Å². The molecule has 0 fully saturated rings. The van der Waals surface area contributed by atoms with Gasteiger partial charge in [-0.05, 0) is 33.6 Å². The van der Waals surface area contributed by atoms with Crippen molar-refractivity contribution in [2.24, 2.45) is 12.0 Å². The molecule has 1 atom stereocenters. The van der Waals surface area contributed by atoms with Crippen LogP contribution in [0.3, 0.4) is 0 Å². The Morgan fingerprint density at radius 3 is 2.78 bits per heavy atom. The predicted octanol–water partition coefficient (Wildman–Crippen LogP) is 0.999. The molecule has 0 amide bonds. The molecule has 23 heavy (non-hydrogen) atoms. The second-order valence-corrected chi connectivity index (χ2v) is 5.70. The molecule has 0 saturated heterocycles. The lowest BCUT2D eigenvalue weighted by atomic mass is 10.0. The van der Waals surface area contributed by atoms with Crippen molar-refractivity contribution >= 4 is 5.96 Å². The zero-order chi connectivity index (χ0) is 17.1. The van der Waals surface area contributed by atoms with Crippen LogP contribution in [0, 0.1) is 0 Å². The molecule has 1 aromatic heterocycles. The van der Waals surface area contributed by atoms with Gasteiger partial charge in [0.05, 0.1) is 12.7 Å². The highest BCUT2D eigenvalue weighted by molar-refractivity contribution is 5.79. The van der Waals surface area contributed by atoms with Gasteiger partial charge in [-0.1, -0.05) is 0 Å². The van der Waals surface area contributed by atoms with Gasteiger partial charge in [0, 0.05) is 45.1 Å². The van der Waals surface area contributed by atoms with Crippen LogP contribution in [0.25, 0.3) is 0 Å². The molecular formula is C16H31N5O2. The molecule has 0 aliphatic carbocycles. The van der Waals surface area contributed by atoms with Crippen LogP contribution in [0.1, 0.15) is 39.2 Å². The summed E-state index contributed by atoms with van der Waals surface area (Å²) < 4.78 is 6.99. The van der Waals surface area contributed by atoms with Crippen molar-refractivity contribution < 1.29 is 9.84 Å². The smallest absolute Gasteiger partial charge is 0.191 e. The Morgan fingerprint density at radius 2 is 2.17 bits per heavy atom. The van der Waals surface area contributed by atoms with Crippen LogP contribution in [0.15, 0.2) is 17.4 Å². The van der Waals surface area contributed by atoms with E-state index in [1.165, 1.54) is 0 Å². The Balaban J connectivity index is 2.47. The van der Waals surface area contributed by atoms with Crippen molar-refractivity contribution in [1.82, 2.24) is 20.4 Å². The largest absolute Gasteiger partial charge is 0.383 e. The number of aliphatic hydroxyl groups is 1. The van der Waals surface area contributed by atoms with Gasteiger partial charge in [-0.3, -0.25) is 4.68 Å². The fourth-order valence-electron chi connectivity index (χ4n) is 2.05. The number of nitrogens with one attached hydrogen (secondary N) is 2. The molecule has 7 heteroatoms. The highest BCUT2D eigenvalue weighted by Crippen LogP contribution is 2.19. The van der Waals surface area contributed by atoms with E-state index in [2.05, 4.69) is 20.7 Å². The molecule has 0 aliphatic rings. The maximum absolute atomic E-state index is 10.6. The van der Waals surface area contributed by atoms with E-state index in [-0.39, 0.29) is 6.54 Å². The Hall–Kier alpha value is -1.60. The van der Waals surface area contributed by atoms with Crippen molar-refractivity contribution in [2.75, 3.05) is 32.8 Å². The molecule has 0 bridgehead atoms. The fourth-order valence-corrected chi connectivity index (χ4v) is 2.05. The maximum atomic E-state index is 10.6. The van der Waals surface area contributed by atoms with Gasteiger partial charge in [0.25, 0.3) is 0 Å². The van der Waals surface area contributed by atoms with Gasteiger partial charge in [0.1, 0.15) is 5.60 Å². The number of guanidine groups is 1. The van der Waals surface area contributed by atoms with Crippen molar-refractivity contribution in [1.29, 1.82) is 0 Å². The second-order valence-electron chi connectivity index (χ2n) is 5.70. The molecule has 1 aromatic rings. The third kappa shape index (κ3) is 7.47. The summed E-state index contributed by atoms with van der Waals surface area (Å²) in [7, 11) is 1.83. The van der Waals surface area contributed by atoms with Crippen molar-refractivity contribution in [3.05, 3.63) is 18.0 Å². The Labute approximate surface area is 139 Å². The molecule has 1 heterocycles. The zero-order valence-electron chi connectivity index (χ0n) is 14.8. The van der Waals surface area contributed by atoms with E-state index < -0.39 is 5.60 Å². The van der Waals surface area contributed by atoms with Crippen LogP contribution in [0.2, 0.25) is 0 Å². The van der Waals surface area contributed by atoms with E-state index >= 15 is 0 Å². The highest BCUT2D eigenvalue weighted by atomic mass is 16.5. The molecule has 0 aliphatic heterocycles. The predicted molar refractivity (Wildman–Crippen MR) is 92.5 cm³/mol. The normalized spacial score (nSPS) is 14.6. The first kappa shape index (κ1) is 19.4. The summed E-state index contributed by atoms with van der Waals surface area (Å²) in [4.78, 5) is 4.48. The number of aliphatic imine (C=N–C) groups is 1. The number of aromatic nitrogens is 2. The molecule has 7 nitrogen and oxygen atoms in total. The topological polar surface area (TPSA) is 83.7 Å². The quantitative estimate of drug-likeness (QED) is 0.339. The van der Waals surface area contributed by atoms with E-state index in [1.54, 1.807) is 17.8 Å². The third-order valence-electron chi connectivity index (χ3n) is 3.43. The first-order valence-electron chi connectivity index (χ1n) is 8.31. The average Bonchev–Trinajstić information content (AvgIpc) is 2.95. The molecule has 0 aromatic carbocycles. The van der Waals surface area contributed by atoms with E-state index in [9.17, 15) is 5.11 Å². The Morgan fingerprint density at radius 1 is 1.39 bits per heavy atom. The first-order valence-corrected chi connectivity index (χ1v) is 8.31. The van der Waals surface area contributed by atoms with Crippen molar-refractivity contribution in [2.45, 2.75) is 39.2 Å². The zero-order valence-corrected chi connectivity index (χ0v) is 14.8. The highest BCUT2D eigenvalue weighted by Gasteiger charge is 2.24. The monoisotopic (exact) mass is 325 g/mol. The number of rotatable bonds is 10. The summed E-state index contributed by atoms with van der Waals surface area (Å²) in [6, 6.07) is 0. The van der Waals surface area contributed by atoms with Crippen molar-refractivity contribution in [3.63, 3.8) is 0 Å². The van der Waals surface area contributed by atoms with Gasteiger partial charge in [-0.2, -0.15) is 5.10 Å². The molecule has 1 rings (SSSR count). The van der Waals surface area contributed by atoms with E-state index in [0.717, 1.165) is 44.7 Å². The van der Waals surface area contributed by atoms with Crippen LogP contribution < -0.4 is 10.6 Å². The summed E-state index contributed by atoms with van der Waals surface area (Å²) >= 11 is 0. The standard InChI is InChI=1S/C16H31N5O2/c1-5-17-15(18-9-7-8-10-23-6-2)19-13-16(3,22)14-11-20-21(4)12-14/h11-12,22H,5-10,13H2,1-4H3,(H2,17,18,19). The number of hydrogen-bond acceptors (Lipinski definition) is 4. The van der Waals surface area contributed by atoms with Gasteiger partial charge in [-0.25, -0.2) is 4.99 Å². The summed E-state index contributed by atoms with van der Waals surface area (Å²) in [5.74, 6) is 0.716. The minimum atomic E-state index is -1.04. The van der Waals surface area contributed by atoms with Crippen molar-refractivity contribution in [3.8, 4) is 0 Å². The van der Waals surface area contributed by atoms with E-state index in [4.69, 9.17) is 4.74 Å². The van der Waals surface area contributed by atoms with E-state index in [1.807, 2.05) is 27.1 Å². The van der Waals surface area contributed by atoms with E-state index in [0.29, 0.717) is 5.96 Å². The summed E-state index contributed by atoms with van der Waals surface area (Å²) in [5.41, 5.74) is -0.276. The lowest BCUT2D eigenvalue weighted by Crippen LogP contribution is -2.39. The molecule has 0 spiro atoms. The average molecular weight is 325 g/mol. The molecule has 3 N–H and O–H groups in total. The van der Waals surface area contributed by atoms with Gasteiger partial charge in [0.2, 0.25) is 0 Å². The van der Waals surface area contributed by atoms with Gasteiger partial charge < -0.3 is 20.5 Å². The van der Waals surface area contributed by atoms with Crippen LogP contribution in [-0.2, 0) is 17.4 Å². The second kappa shape index (κ2) is 10.2. The number of aryl methyl sites for hydroxylation is 1. The molecule has 1 unspecified atom stereocenters. The lowest BCUT2D eigenvalue weighted by molar-refractivity contribution is 0.0672. The Bertz CT molecular complexity index is 471. The minimum absolute atomic E-state index is 0.271. The van der Waals surface area contributed by atoms with Crippen LogP contribution in [-0.4, -0.2) is 53.7 Å². The van der Waals surface area contributed by atoms with Gasteiger partial charge in [0.15, 0.2) is 5.96 Å². The van der Waals surface area contributed by atoms with Crippen LogP contribution in [0.4, 0.5) is 0 Å². The fraction of sp³-hybridized carbons (Fsp3) is 0.750. The molecule has 0 saturated carbocycles. The van der Waals surface area contributed by atoms with Crippen LogP contribution >= 0.6 is 0 Å². The lowest BCUT2D eigenvalue weighted by Gasteiger charge is -2.20. The van der Waals surface area contributed by atoms with Gasteiger partial charge >= 0.3 is 0 Å². The number of hydrogen-bond donors (Lipinski definition) is 3. The Kier molecular flexibility index (Phi) is 8.65. The summed E-state index contributed by atoms with van der Waals surface area (Å²) in [6.07, 6.45) is 5.52. The SMILES string of the molecule is CCNC(=NCC(C)(O)c1cnn(C)c1)NCCCCOCC. The van der Waals surface area contributed by atoms with Gasteiger partial charge in [-0.15, -0.1) is 0 Å². The minimum Gasteiger partial charge on any atom is -0.383 e. The maximum Gasteiger partial charge on any atom is 0.191 e. The number of ether oxygens (including phenoxy) is 1. The first-order chi connectivity index (χ1) is 11.0.